The van der Waals surface area contributed by atoms with Crippen LogP contribution in [0.4, 0.5) is 0 Å². The number of benzene rings is 1. The molecule has 15 heavy (non-hydrogen) atoms. The van der Waals surface area contributed by atoms with E-state index in [0.29, 0.717) is 17.7 Å². The smallest absolute Gasteiger partial charge is 0.338 e. The molecule has 4 heteroatoms. The van der Waals surface area contributed by atoms with Gasteiger partial charge in [0.15, 0.2) is 0 Å². The van der Waals surface area contributed by atoms with Gasteiger partial charge in [0.2, 0.25) is 4.69 Å². The van der Waals surface area contributed by atoms with Crippen LogP contribution in [0.15, 0.2) is 24.3 Å². The van der Waals surface area contributed by atoms with Crippen LogP contribution < -0.4 is 0 Å². The Bertz CT molecular complexity index is 357. The SMILES string of the molecule is CCCOC(=O)c1ccc(C(=O)Br)cc1. The van der Waals surface area contributed by atoms with E-state index in [4.69, 9.17) is 4.74 Å². The topological polar surface area (TPSA) is 43.4 Å². The van der Waals surface area contributed by atoms with E-state index in [1.165, 1.54) is 0 Å². The molecule has 0 atom stereocenters. The molecule has 0 N–H and O–H groups in total. The zero-order valence-corrected chi connectivity index (χ0v) is 9.91. The lowest BCUT2D eigenvalue weighted by Crippen LogP contribution is -2.05. The van der Waals surface area contributed by atoms with E-state index in [9.17, 15) is 9.59 Å². The van der Waals surface area contributed by atoms with Crippen LogP contribution in [0.1, 0.15) is 34.1 Å². The monoisotopic (exact) mass is 270 g/mol. The Labute approximate surface area is 96.6 Å². The van der Waals surface area contributed by atoms with Crippen molar-refractivity contribution in [1.29, 1.82) is 0 Å². The summed E-state index contributed by atoms with van der Waals surface area (Å²) in [6, 6.07) is 6.32. The van der Waals surface area contributed by atoms with E-state index in [1.54, 1.807) is 24.3 Å². The second-order valence-electron chi connectivity index (χ2n) is 2.99. The first kappa shape index (κ1) is 11.9. The molecule has 0 unspecified atom stereocenters. The number of ether oxygens (including phenoxy) is 1. The normalized spacial score (nSPS) is 9.73. The van der Waals surface area contributed by atoms with Crippen molar-refractivity contribution in [2.75, 3.05) is 6.61 Å². The summed E-state index contributed by atoms with van der Waals surface area (Å²) in [5.41, 5.74) is 0.975. The van der Waals surface area contributed by atoms with Gasteiger partial charge in [0, 0.05) is 5.56 Å². The number of rotatable bonds is 4. The number of esters is 1. The van der Waals surface area contributed by atoms with E-state index in [0.717, 1.165) is 6.42 Å². The summed E-state index contributed by atoms with van der Waals surface area (Å²) in [6.45, 7) is 2.35. The van der Waals surface area contributed by atoms with E-state index in [-0.39, 0.29) is 10.7 Å². The minimum absolute atomic E-state index is 0.198. The number of halogens is 1. The van der Waals surface area contributed by atoms with Gasteiger partial charge in [-0.05, 0) is 46.6 Å². The molecule has 0 fully saturated rings. The van der Waals surface area contributed by atoms with Crippen LogP contribution in [-0.4, -0.2) is 17.3 Å². The fourth-order valence-electron chi connectivity index (χ4n) is 1.02. The Kier molecular flexibility index (Phi) is 4.49. The van der Waals surface area contributed by atoms with Gasteiger partial charge in [0.05, 0.1) is 12.2 Å². The van der Waals surface area contributed by atoms with Gasteiger partial charge < -0.3 is 4.74 Å². The summed E-state index contributed by atoms with van der Waals surface area (Å²) in [6.07, 6.45) is 0.795. The van der Waals surface area contributed by atoms with Gasteiger partial charge in [-0.25, -0.2) is 4.79 Å². The first-order valence-corrected chi connectivity index (χ1v) is 5.41. The molecule has 0 aromatic heterocycles. The average Bonchev–Trinajstić information content (AvgIpc) is 2.26. The summed E-state index contributed by atoms with van der Waals surface area (Å²) < 4.78 is 4.74. The molecule has 3 nitrogen and oxygen atoms in total. The molecule has 0 amide bonds. The van der Waals surface area contributed by atoms with Gasteiger partial charge in [0.1, 0.15) is 0 Å². The van der Waals surface area contributed by atoms with Crippen molar-refractivity contribution in [2.45, 2.75) is 13.3 Å². The Balaban J connectivity index is 2.71. The minimum Gasteiger partial charge on any atom is -0.462 e. The molecule has 0 saturated heterocycles. The highest BCUT2D eigenvalue weighted by Crippen LogP contribution is 2.09. The van der Waals surface area contributed by atoms with Crippen molar-refractivity contribution >= 4 is 26.6 Å². The predicted molar refractivity (Wildman–Crippen MR) is 60.3 cm³/mol. The lowest BCUT2D eigenvalue weighted by atomic mass is 10.1. The molecular weight excluding hydrogens is 260 g/mol. The van der Waals surface area contributed by atoms with Gasteiger partial charge >= 0.3 is 5.97 Å². The molecule has 0 saturated carbocycles. The molecule has 0 aliphatic carbocycles. The number of carbonyl (C=O) groups excluding carboxylic acids is 2. The molecule has 1 aromatic carbocycles. The predicted octanol–water partition coefficient (Wildman–Crippen LogP) is 2.79. The van der Waals surface area contributed by atoms with Crippen LogP contribution in [0.5, 0.6) is 0 Å². The van der Waals surface area contributed by atoms with Gasteiger partial charge in [-0.3, -0.25) is 4.79 Å². The third-order valence-corrected chi connectivity index (χ3v) is 2.24. The van der Waals surface area contributed by atoms with E-state index < -0.39 is 0 Å². The standard InChI is InChI=1S/C11H11BrO3/c1-2-7-15-11(14)9-5-3-8(4-6-9)10(12)13/h3-6H,2,7H2,1H3. The molecule has 0 spiro atoms. The zero-order chi connectivity index (χ0) is 11.3. The van der Waals surface area contributed by atoms with Gasteiger partial charge in [-0.2, -0.15) is 0 Å². The molecule has 80 valence electrons. The van der Waals surface area contributed by atoms with Crippen molar-refractivity contribution in [1.82, 2.24) is 0 Å². The molecular formula is C11H11BrO3. The largest absolute Gasteiger partial charge is 0.462 e. The molecule has 1 aromatic rings. The highest BCUT2D eigenvalue weighted by atomic mass is 79.9. The highest BCUT2D eigenvalue weighted by molar-refractivity contribution is 9.18. The molecule has 0 radical (unpaired) electrons. The summed E-state index contributed by atoms with van der Waals surface area (Å²) in [5, 5.41) is 0. The molecule has 0 aliphatic rings. The van der Waals surface area contributed by atoms with Crippen molar-refractivity contribution < 1.29 is 14.3 Å². The summed E-state index contributed by atoms with van der Waals surface area (Å²) in [5.74, 6) is -0.356. The second-order valence-corrected chi connectivity index (χ2v) is 3.71. The lowest BCUT2D eigenvalue weighted by molar-refractivity contribution is 0.0505. The van der Waals surface area contributed by atoms with Gasteiger partial charge in [-0.15, -0.1) is 0 Å². The third kappa shape index (κ3) is 3.47. The van der Waals surface area contributed by atoms with Crippen LogP contribution >= 0.6 is 15.9 Å². The van der Waals surface area contributed by atoms with E-state index in [1.807, 2.05) is 6.92 Å². The third-order valence-electron chi connectivity index (χ3n) is 1.78. The second kappa shape index (κ2) is 5.66. The maximum atomic E-state index is 11.4. The minimum atomic E-state index is -0.356. The van der Waals surface area contributed by atoms with Crippen LogP contribution in [0.3, 0.4) is 0 Å². The van der Waals surface area contributed by atoms with Crippen LogP contribution in [0.25, 0.3) is 0 Å². The fraction of sp³-hybridized carbons (Fsp3) is 0.273. The van der Waals surface area contributed by atoms with Crippen molar-refractivity contribution in [3.05, 3.63) is 35.4 Å². The van der Waals surface area contributed by atoms with Crippen LogP contribution in [0, 0.1) is 0 Å². The van der Waals surface area contributed by atoms with Gasteiger partial charge in [0.25, 0.3) is 0 Å². The maximum absolute atomic E-state index is 11.4. The summed E-state index contributed by atoms with van der Waals surface area (Å²) >= 11 is 2.83. The Morgan fingerprint density at radius 1 is 1.20 bits per heavy atom. The van der Waals surface area contributed by atoms with Crippen LogP contribution in [0.2, 0.25) is 0 Å². The van der Waals surface area contributed by atoms with Crippen molar-refractivity contribution in [3.63, 3.8) is 0 Å². The van der Waals surface area contributed by atoms with Crippen LogP contribution in [-0.2, 0) is 4.74 Å². The first-order chi connectivity index (χ1) is 7.15. The zero-order valence-electron chi connectivity index (χ0n) is 8.33. The first-order valence-electron chi connectivity index (χ1n) is 4.62. The van der Waals surface area contributed by atoms with Gasteiger partial charge in [-0.1, -0.05) is 6.92 Å². The highest BCUT2D eigenvalue weighted by Gasteiger charge is 2.07. The quantitative estimate of drug-likeness (QED) is 0.624. The Morgan fingerprint density at radius 2 is 1.73 bits per heavy atom. The number of carbonyl (C=O) groups is 2. The number of hydrogen-bond acceptors (Lipinski definition) is 3. The molecule has 0 aliphatic heterocycles. The number of hydrogen-bond donors (Lipinski definition) is 0. The maximum Gasteiger partial charge on any atom is 0.338 e. The molecule has 0 heterocycles. The van der Waals surface area contributed by atoms with Crippen molar-refractivity contribution in [3.8, 4) is 0 Å². The Hall–Kier alpha value is -1.16. The average molecular weight is 271 g/mol. The molecule has 0 bridgehead atoms. The summed E-state index contributed by atoms with van der Waals surface area (Å²) in [4.78, 5) is 22.3. The van der Waals surface area contributed by atoms with E-state index in [2.05, 4.69) is 15.9 Å². The van der Waals surface area contributed by atoms with E-state index >= 15 is 0 Å². The lowest BCUT2D eigenvalue weighted by Gasteiger charge is -2.02. The van der Waals surface area contributed by atoms with Crippen molar-refractivity contribution in [2.24, 2.45) is 0 Å². The molecule has 1 rings (SSSR count). The fourth-order valence-corrected chi connectivity index (χ4v) is 1.28. The summed E-state index contributed by atoms with van der Waals surface area (Å²) in [7, 11) is 0. The Morgan fingerprint density at radius 3 is 2.20 bits per heavy atom.